The van der Waals surface area contributed by atoms with Gasteiger partial charge in [0.1, 0.15) is 6.10 Å². The Balaban J connectivity index is 2.06. The average molecular weight is 220 g/mol. The lowest BCUT2D eigenvalue weighted by atomic mass is 10.2. The molecule has 5 heteroatoms. The van der Waals surface area contributed by atoms with Gasteiger partial charge in [0.05, 0.1) is 6.61 Å². The van der Waals surface area contributed by atoms with E-state index in [1.54, 1.807) is 12.1 Å². The number of hydrogen-bond donors (Lipinski definition) is 0. The molecule has 1 aliphatic heterocycles. The summed E-state index contributed by atoms with van der Waals surface area (Å²) in [5.41, 5.74) is -3.27. The van der Waals surface area contributed by atoms with Crippen molar-refractivity contribution in [2.75, 3.05) is 6.61 Å². The van der Waals surface area contributed by atoms with Crippen molar-refractivity contribution in [2.24, 2.45) is 0 Å². The van der Waals surface area contributed by atoms with Gasteiger partial charge in [0, 0.05) is 4.90 Å². The van der Waals surface area contributed by atoms with Crippen LogP contribution in [0, 0.1) is 0 Å². The maximum absolute atomic E-state index is 12.0. The van der Waals surface area contributed by atoms with Crippen molar-refractivity contribution in [3.63, 3.8) is 0 Å². The highest BCUT2D eigenvalue weighted by molar-refractivity contribution is 8.00. The molecule has 1 fully saturated rings. The second-order valence-corrected chi connectivity index (χ2v) is 4.08. The first kappa shape index (κ1) is 9.86. The molecule has 0 spiro atoms. The number of rotatable bonds is 2. The molecule has 1 heterocycles. The molecular formula is C9H7F3OS. The van der Waals surface area contributed by atoms with E-state index >= 15 is 0 Å². The van der Waals surface area contributed by atoms with Crippen molar-refractivity contribution in [2.45, 2.75) is 16.5 Å². The van der Waals surface area contributed by atoms with Crippen molar-refractivity contribution in [1.82, 2.24) is 0 Å². The van der Waals surface area contributed by atoms with E-state index in [0.29, 0.717) is 6.61 Å². The van der Waals surface area contributed by atoms with Crippen LogP contribution >= 0.6 is 11.8 Å². The Hall–Kier alpha value is -0.680. The lowest BCUT2D eigenvalue weighted by molar-refractivity contribution is -0.0328. The first-order valence-electron chi connectivity index (χ1n) is 4.02. The summed E-state index contributed by atoms with van der Waals surface area (Å²) in [5, 5.41) is 0. The first-order chi connectivity index (χ1) is 6.54. The maximum Gasteiger partial charge on any atom is 0.446 e. The normalized spacial score (nSPS) is 20.9. The fourth-order valence-corrected chi connectivity index (χ4v) is 1.66. The van der Waals surface area contributed by atoms with Gasteiger partial charge in [0.2, 0.25) is 0 Å². The summed E-state index contributed by atoms with van der Waals surface area (Å²) in [6.07, 6.45) is 0.0972. The molecule has 14 heavy (non-hydrogen) atoms. The minimum atomic E-state index is -4.21. The van der Waals surface area contributed by atoms with E-state index in [4.69, 9.17) is 4.74 Å². The molecule has 76 valence electrons. The minimum absolute atomic E-state index is 0.0972. The van der Waals surface area contributed by atoms with Crippen molar-refractivity contribution >= 4 is 11.8 Å². The average Bonchev–Trinajstić information content (AvgIpc) is 2.85. The van der Waals surface area contributed by atoms with Gasteiger partial charge >= 0.3 is 5.51 Å². The Kier molecular flexibility index (Phi) is 2.45. The monoisotopic (exact) mass is 220 g/mol. The maximum atomic E-state index is 12.0. The molecule has 1 nitrogen and oxygen atoms in total. The fourth-order valence-electron chi connectivity index (χ4n) is 1.12. The Bertz CT molecular complexity index is 316. The Morgan fingerprint density at radius 3 is 2.21 bits per heavy atom. The van der Waals surface area contributed by atoms with Crippen LogP contribution in [0.5, 0.6) is 0 Å². The quantitative estimate of drug-likeness (QED) is 0.559. The minimum Gasteiger partial charge on any atom is -0.368 e. The zero-order valence-corrected chi connectivity index (χ0v) is 7.86. The van der Waals surface area contributed by atoms with E-state index in [-0.39, 0.29) is 22.8 Å². The molecule has 0 N–H and O–H groups in total. The van der Waals surface area contributed by atoms with Gasteiger partial charge in [-0.3, -0.25) is 0 Å². The van der Waals surface area contributed by atoms with E-state index in [2.05, 4.69) is 0 Å². The number of epoxide rings is 1. The van der Waals surface area contributed by atoms with Gasteiger partial charge in [0.15, 0.2) is 0 Å². The lowest BCUT2D eigenvalue weighted by Crippen LogP contribution is -1.98. The molecule has 0 amide bonds. The van der Waals surface area contributed by atoms with Crippen molar-refractivity contribution in [1.29, 1.82) is 0 Å². The molecule has 0 saturated carbocycles. The second-order valence-electron chi connectivity index (χ2n) is 2.94. The highest BCUT2D eigenvalue weighted by atomic mass is 32.2. The molecule has 0 aliphatic carbocycles. The molecule has 1 atom stereocenters. The third-order valence-corrected chi connectivity index (χ3v) is 2.56. The Morgan fingerprint density at radius 1 is 1.21 bits per heavy atom. The van der Waals surface area contributed by atoms with Gasteiger partial charge in [-0.15, -0.1) is 0 Å². The number of alkyl halides is 3. The molecule has 0 aromatic heterocycles. The Morgan fingerprint density at radius 2 is 1.79 bits per heavy atom. The molecule has 1 aromatic carbocycles. The van der Waals surface area contributed by atoms with Gasteiger partial charge < -0.3 is 4.74 Å². The van der Waals surface area contributed by atoms with E-state index in [9.17, 15) is 13.2 Å². The zero-order valence-electron chi connectivity index (χ0n) is 7.04. The van der Waals surface area contributed by atoms with E-state index in [1.165, 1.54) is 12.1 Å². The van der Waals surface area contributed by atoms with Gasteiger partial charge in [0.25, 0.3) is 0 Å². The van der Waals surface area contributed by atoms with E-state index in [0.717, 1.165) is 5.56 Å². The van der Waals surface area contributed by atoms with Gasteiger partial charge in [-0.05, 0) is 29.5 Å². The highest BCUT2D eigenvalue weighted by Gasteiger charge is 2.29. The highest BCUT2D eigenvalue weighted by Crippen LogP contribution is 2.38. The van der Waals surface area contributed by atoms with Gasteiger partial charge in [-0.1, -0.05) is 12.1 Å². The van der Waals surface area contributed by atoms with Crippen LogP contribution in [0.25, 0.3) is 0 Å². The van der Waals surface area contributed by atoms with Crippen LogP contribution in [0.15, 0.2) is 29.2 Å². The molecule has 0 unspecified atom stereocenters. The van der Waals surface area contributed by atoms with Crippen LogP contribution < -0.4 is 0 Å². The zero-order chi connectivity index (χ0) is 10.2. The van der Waals surface area contributed by atoms with Crippen LogP contribution in [-0.2, 0) is 4.74 Å². The number of ether oxygens (including phenoxy) is 1. The number of halogens is 3. The van der Waals surface area contributed by atoms with Crippen LogP contribution in [0.4, 0.5) is 13.2 Å². The van der Waals surface area contributed by atoms with Crippen LogP contribution in [0.2, 0.25) is 0 Å². The van der Waals surface area contributed by atoms with Gasteiger partial charge in [-0.25, -0.2) is 0 Å². The third-order valence-electron chi connectivity index (χ3n) is 1.82. The topological polar surface area (TPSA) is 12.5 Å². The summed E-state index contributed by atoms with van der Waals surface area (Å²) in [7, 11) is 0. The van der Waals surface area contributed by atoms with Crippen LogP contribution in [0.3, 0.4) is 0 Å². The molecular weight excluding hydrogens is 213 g/mol. The van der Waals surface area contributed by atoms with Gasteiger partial charge in [-0.2, -0.15) is 13.2 Å². The fraction of sp³-hybridized carbons (Fsp3) is 0.333. The van der Waals surface area contributed by atoms with E-state index in [1.807, 2.05) is 0 Å². The summed E-state index contributed by atoms with van der Waals surface area (Å²) in [6.45, 7) is 0.672. The summed E-state index contributed by atoms with van der Waals surface area (Å²) in [4.78, 5) is 0.210. The molecule has 0 bridgehead atoms. The number of benzene rings is 1. The molecule has 2 rings (SSSR count). The summed E-state index contributed by atoms with van der Waals surface area (Å²) in [5.74, 6) is 0. The van der Waals surface area contributed by atoms with Crippen molar-refractivity contribution in [3.8, 4) is 0 Å². The molecule has 0 radical (unpaired) electrons. The largest absolute Gasteiger partial charge is 0.446 e. The molecule has 1 aromatic rings. The number of thioether (sulfide) groups is 1. The predicted molar refractivity (Wildman–Crippen MR) is 47.0 cm³/mol. The lowest BCUT2D eigenvalue weighted by Gasteiger charge is -2.05. The predicted octanol–water partition coefficient (Wildman–Crippen LogP) is 3.37. The SMILES string of the molecule is FC(F)(F)Sc1ccc([C@H]2CO2)cc1. The number of hydrogen-bond acceptors (Lipinski definition) is 2. The summed E-state index contributed by atoms with van der Waals surface area (Å²) in [6, 6.07) is 6.28. The summed E-state index contributed by atoms with van der Waals surface area (Å²) >= 11 is -0.0992. The molecule has 1 aliphatic rings. The molecule has 1 saturated heterocycles. The second kappa shape index (κ2) is 3.47. The van der Waals surface area contributed by atoms with Crippen molar-refractivity contribution < 1.29 is 17.9 Å². The van der Waals surface area contributed by atoms with E-state index < -0.39 is 5.51 Å². The Labute approximate surface area is 83.3 Å². The first-order valence-corrected chi connectivity index (χ1v) is 4.83. The smallest absolute Gasteiger partial charge is 0.368 e. The van der Waals surface area contributed by atoms with Crippen molar-refractivity contribution in [3.05, 3.63) is 29.8 Å². The van der Waals surface area contributed by atoms with Crippen LogP contribution in [-0.4, -0.2) is 12.1 Å². The summed E-state index contributed by atoms with van der Waals surface area (Å²) < 4.78 is 40.9. The third kappa shape index (κ3) is 2.65. The van der Waals surface area contributed by atoms with Crippen LogP contribution in [0.1, 0.15) is 11.7 Å². The standard InChI is InChI=1S/C9H7F3OS/c10-9(11,12)14-7-3-1-6(2-4-7)8-5-13-8/h1-4,8H,5H2/t8-/m1/s1.